The molecule has 1 aliphatic rings. The predicted octanol–water partition coefficient (Wildman–Crippen LogP) is 2.71. The van der Waals surface area contributed by atoms with Crippen LogP contribution in [0.25, 0.3) is 0 Å². The predicted molar refractivity (Wildman–Crippen MR) is 95.5 cm³/mol. The first-order valence-electron chi connectivity index (χ1n) is 7.38. The van der Waals surface area contributed by atoms with Gasteiger partial charge in [-0.15, -0.1) is 11.3 Å². The minimum Gasteiger partial charge on any atom is -0.507 e. The lowest BCUT2D eigenvalue weighted by molar-refractivity contribution is 0.0952. The van der Waals surface area contributed by atoms with E-state index in [1.54, 1.807) is 17.6 Å². The van der Waals surface area contributed by atoms with Gasteiger partial charge in [-0.1, -0.05) is 11.6 Å². The number of carbonyl (C=O) groups is 1. The zero-order valence-electron chi connectivity index (χ0n) is 12.7. The SMILES string of the molecule is O=C(N/N=C\c1ccc(N2CCOCC2)s1)c1cc(Cl)ccc1O. The van der Waals surface area contributed by atoms with Gasteiger partial charge in [0.25, 0.3) is 5.91 Å². The van der Waals surface area contributed by atoms with Crippen molar-refractivity contribution < 1.29 is 14.6 Å². The van der Waals surface area contributed by atoms with Crippen molar-refractivity contribution in [2.75, 3.05) is 31.2 Å². The number of benzene rings is 1. The molecule has 0 atom stereocenters. The molecule has 0 saturated carbocycles. The number of aromatic hydroxyl groups is 1. The number of thiophene rings is 1. The minimum atomic E-state index is -0.517. The summed E-state index contributed by atoms with van der Waals surface area (Å²) in [7, 11) is 0. The van der Waals surface area contributed by atoms with Gasteiger partial charge >= 0.3 is 0 Å². The number of nitrogens with zero attached hydrogens (tertiary/aromatic N) is 2. The van der Waals surface area contributed by atoms with Gasteiger partial charge in [-0.25, -0.2) is 5.43 Å². The van der Waals surface area contributed by atoms with E-state index in [0.717, 1.165) is 36.2 Å². The van der Waals surface area contributed by atoms with Crippen molar-refractivity contribution in [3.8, 4) is 5.75 Å². The lowest BCUT2D eigenvalue weighted by Crippen LogP contribution is -2.35. The standard InChI is InChI=1S/C16H16ClN3O3S/c17-11-1-3-14(21)13(9-11)16(22)19-18-10-12-2-4-15(24-12)20-5-7-23-8-6-20/h1-4,9-10,21H,5-8H2,(H,19,22)/b18-10-. The molecule has 0 unspecified atom stereocenters. The highest BCUT2D eigenvalue weighted by molar-refractivity contribution is 7.17. The second kappa shape index (κ2) is 7.65. The molecule has 2 aromatic rings. The summed E-state index contributed by atoms with van der Waals surface area (Å²) in [6.07, 6.45) is 1.58. The summed E-state index contributed by atoms with van der Waals surface area (Å²) in [6.45, 7) is 3.23. The number of phenolic OH excluding ortho intramolecular Hbond substituents is 1. The summed E-state index contributed by atoms with van der Waals surface area (Å²) in [6, 6.07) is 8.25. The number of phenols is 1. The Morgan fingerprint density at radius 2 is 2.12 bits per heavy atom. The van der Waals surface area contributed by atoms with E-state index in [-0.39, 0.29) is 11.3 Å². The number of halogens is 1. The molecule has 0 radical (unpaired) electrons. The molecule has 0 aliphatic carbocycles. The summed E-state index contributed by atoms with van der Waals surface area (Å²) in [5, 5.41) is 15.1. The van der Waals surface area contributed by atoms with E-state index in [1.165, 1.54) is 18.2 Å². The molecule has 6 nitrogen and oxygen atoms in total. The van der Waals surface area contributed by atoms with Gasteiger partial charge in [0, 0.05) is 23.0 Å². The number of nitrogens with one attached hydrogen (secondary N) is 1. The molecule has 126 valence electrons. The number of hydrazone groups is 1. The summed E-state index contributed by atoms with van der Waals surface area (Å²) >= 11 is 7.42. The zero-order chi connectivity index (χ0) is 16.9. The normalized spacial score (nSPS) is 15.0. The van der Waals surface area contributed by atoms with E-state index >= 15 is 0 Å². The number of morpholine rings is 1. The Balaban J connectivity index is 1.61. The fourth-order valence-corrected chi connectivity index (χ4v) is 3.37. The topological polar surface area (TPSA) is 74.2 Å². The Morgan fingerprint density at radius 1 is 1.33 bits per heavy atom. The number of hydrogen-bond donors (Lipinski definition) is 2. The van der Waals surface area contributed by atoms with Crippen LogP contribution in [0, 0.1) is 0 Å². The molecule has 1 saturated heterocycles. The van der Waals surface area contributed by atoms with E-state index in [0.29, 0.717) is 5.02 Å². The Hall–Kier alpha value is -2.09. The Kier molecular flexibility index (Phi) is 5.34. The largest absolute Gasteiger partial charge is 0.507 e. The minimum absolute atomic E-state index is 0.0832. The summed E-state index contributed by atoms with van der Waals surface area (Å²) in [4.78, 5) is 15.2. The van der Waals surface area contributed by atoms with Gasteiger partial charge in [-0.2, -0.15) is 5.10 Å². The van der Waals surface area contributed by atoms with Crippen LogP contribution < -0.4 is 10.3 Å². The molecule has 1 aromatic carbocycles. The number of carbonyl (C=O) groups excluding carboxylic acids is 1. The van der Waals surface area contributed by atoms with Crippen LogP contribution >= 0.6 is 22.9 Å². The Morgan fingerprint density at radius 3 is 2.92 bits per heavy atom. The van der Waals surface area contributed by atoms with Gasteiger partial charge in [-0.3, -0.25) is 4.79 Å². The lowest BCUT2D eigenvalue weighted by atomic mass is 10.2. The molecule has 1 fully saturated rings. The highest BCUT2D eigenvalue weighted by Crippen LogP contribution is 2.25. The summed E-state index contributed by atoms with van der Waals surface area (Å²) in [5.41, 5.74) is 2.47. The van der Waals surface area contributed by atoms with Crippen molar-refractivity contribution in [3.05, 3.63) is 45.8 Å². The lowest BCUT2D eigenvalue weighted by Gasteiger charge is -2.27. The molecule has 24 heavy (non-hydrogen) atoms. The van der Waals surface area contributed by atoms with Crippen LogP contribution in [0.15, 0.2) is 35.4 Å². The average Bonchev–Trinajstić information content (AvgIpc) is 3.06. The third kappa shape index (κ3) is 4.05. The maximum atomic E-state index is 12.0. The quantitative estimate of drug-likeness (QED) is 0.645. The Bertz CT molecular complexity index is 757. The first-order valence-corrected chi connectivity index (χ1v) is 8.57. The maximum Gasteiger partial charge on any atom is 0.275 e. The molecule has 0 bridgehead atoms. The molecule has 2 N–H and O–H groups in total. The van der Waals surface area contributed by atoms with E-state index in [1.807, 2.05) is 12.1 Å². The summed E-state index contributed by atoms with van der Waals surface area (Å²) in [5.74, 6) is -0.658. The molecule has 1 amide bonds. The van der Waals surface area contributed by atoms with Gasteiger partial charge in [0.05, 0.1) is 30.0 Å². The summed E-state index contributed by atoms with van der Waals surface area (Å²) < 4.78 is 5.34. The van der Waals surface area contributed by atoms with Gasteiger partial charge < -0.3 is 14.7 Å². The third-order valence-electron chi connectivity index (χ3n) is 3.50. The Labute approximate surface area is 148 Å². The molecule has 8 heteroatoms. The van der Waals surface area contributed by atoms with Crippen LogP contribution in [0.5, 0.6) is 5.75 Å². The highest BCUT2D eigenvalue weighted by atomic mass is 35.5. The van der Waals surface area contributed by atoms with Crippen molar-refractivity contribution in [2.24, 2.45) is 5.10 Å². The first kappa shape index (κ1) is 16.8. The first-order chi connectivity index (χ1) is 11.6. The zero-order valence-corrected chi connectivity index (χ0v) is 14.3. The molecule has 3 rings (SSSR count). The number of anilines is 1. The maximum absolute atomic E-state index is 12.0. The van der Waals surface area contributed by atoms with Crippen molar-refractivity contribution in [2.45, 2.75) is 0 Å². The van der Waals surface area contributed by atoms with Gasteiger partial charge in [0.2, 0.25) is 0 Å². The fraction of sp³-hybridized carbons (Fsp3) is 0.250. The highest BCUT2D eigenvalue weighted by Gasteiger charge is 2.13. The van der Waals surface area contributed by atoms with E-state index in [4.69, 9.17) is 16.3 Å². The van der Waals surface area contributed by atoms with Crippen LogP contribution in [-0.2, 0) is 4.74 Å². The average molecular weight is 366 g/mol. The van der Waals surface area contributed by atoms with Gasteiger partial charge in [-0.05, 0) is 30.3 Å². The molecule has 1 aliphatic heterocycles. The molecular weight excluding hydrogens is 350 g/mol. The van der Waals surface area contributed by atoms with Crippen LogP contribution in [0.1, 0.15) is 15.2 Å². The monoisotopic (exact) mass is 365 g/mol. The van der Waals surface area contributed by atoms with E-state index < -0.39 is 5.91 Å². The number of ether oxygens (including phenoxy) is 1. The second-order valence-electron chi connectivity index (χ2n) is 5.14. The van der Waals surface area contributed by atoms with Crippen molar-refractivity contribution in [3.63, 3.8) is 0 Å². The van der Waals surface area contributed by atoms with Crippen LogP contribution in [0.4, 0.5) is 5.00 Å². The fourth-order valence-electron chi connectivity index (χ4n) is 2.27. The molecule has 2 heterocycles. The van der Waals surface area contributed by atoms with Crippen LogP contribution in [0.2, 0.25) is 5.02 Å². The number of rotatable bonds is 4. The smallest absolute Gasteiger partial charge is 0.275 e. The molecular formula is C16H16ClN3O3S. The molecule has 1 aromatic heterocycles. The van der Waals surface area contributed by atoms with Crippen molar-refractivity contribution in [1.29, 1.82) is 0 Å². The van der Waals surface area contributed by atoms with E-state index in [2.05, 4.69) is 15.4 Å². The van der Waals surface area contributed by atoms with Crippen LogP contribution in [0.3, 0.4) is 0 Å². The third-order valence-corrected chi connectivity index (χ3v) is 4.81. The second-order valence-corrected chi connectivity index (χ2v) is 6.67. The van der Waals surface area contributed by atoms with Gasteiger partial charge in [0.1, 0.15) is 5.75 Å². The number of amides is 1. The van der Waals surface area contributed by atoms with Crippen LogP contribution in [-0.4, -0.2) is 43.5 Å². The number of hydrogen-bond acceptors (Lipinski definition) is 6. The van der Waals surface area contributed by atoms with E-state index in [9.17, 15) is 9.90 Å². The molecule has 0 spiro atoms. The van der Waals surface area contributed by atoms with Crippen molar-refractivity contribution >= 4 is 40.1 Å². The van der Waals surface area contributed by atoms with Crippen molar-refractivity contribution in [1.82, 2.24) is 5.43 Å². The van der Waals surface area contributed by atoms with Gasteiger partial charge in [0.15, 0.2) is 0 Å².